The zero-order valence-electron chi connectivity index (χ0n) is 4.67. The molecule has 0 fully saturated rings. The minimum atomic E-state index is 0.875. The van der Waals surface area contributed by atoms with E-state index in [2.05, 4.69) is 0 Å². The second-order valence-electron chi connectivity index (χ2n) is 1.49. The molecule has 0 radical (unpaired) electrons. The highest BCUT2D eigenvalue weighted by Gasteiger charge is 1.86. The number of halogens is 1. The number of benzene rings is 1. The Bertz CT molecular complexity index is 166. The summed E-state index contributed by atoms with van der Waals surface area (Å²) in [5, 5.41) is 0. The summed E-state index contributed by atoms with van der Waals surface area (Å²) in [6.45, 7) is 0. The van der Waals surface area contributed by atoms with Crippen LogP contribution in [0.2, 0.25) is 0 Å². The molecule has 48 valence electrons. The molecule has 0 amide bonds. The van der Waals surface area contributed by atoms with E-state index in [-0.39, 0.29) is 0 Å². The lowest BCUT2D eigenvalue weighted by atomic mass is 10.4. The van der Waals surface area contributed by atoms with E-state index in [1.54, 1.807) is 0 Å². The first-order chi connectivity index (χ1) is 4.43. The first kappa shape index (κ1) is 6.58. The van der Waals surface area contributed by atoms with Crippen molar-refractivity contribution < 1.29 is 4.48 Å². The van der Waals surface area contributed by atoms with Crippen LogP contribution in [-0.2, 0) is 0 Å². The van der Waals surface area contributed by atoms with Gasteiger partial charge in [-0.25, -0.2) is 0 Å². The first-order valence-electron chi connectivity index (χ1n) is 2.51. The third kappa shape index (κ3) is 2.03. The van der Waals surface area contributed by atoms with Crippen LogP contribution in [0.15, 0.2) is 35.2 Å². The summed E-state index contributed by atoms with van der Waals surface area (Å²) in [5.41, 5.74) is 0. The zero-order chi connectivity index (χ0) is 6.53. The molecule has 9 heavy (non-hydrogen) atoms. The standard InChI is InChI=1S/C6H6FNS/c7-8-9-6-4-2-1-3-5-6/h1-5,8H. The second-order valence-corrected chi connectivity index (χ2v) is 2.32. The number of hydrogen-bond acceptors (Lipinski definition) is 2. The monoisotopic (exact) mass is 143 g/mol. The summed E-state index contributed by atoms with van der Waals surface area (Å²) in [5.74, 6) is 0. The van der Waals surface area contributed by atoms with E-state index in [4.69, 9.17) is 0 Å². The van der Waals surface area contributed by atoms with Gasteiger partial charge in [-0.15, -0.1) is 4.48 Å². The minimum absolute atomic E-state index is 0.875. The maximum absolute atomic E-state index is 11.4. The molecule has 0 heterocycles. The maximum atomic E-state index is 11.4. The third-order valence-electron chi connectivity index (χ3n) is 0.900. The molecule has 1 aromatic carbocycles. The van der Waals surface area contributed by atoms with Gasteiger partial charge in [0.25, 0.3) is 0 Å². The lowest BCUT2D eigenvalue weighted by Crippen LogP contribution is -1.81. The molecule has 0 saturated heterocycles. The predicted molar refractivity (Wildman–Crippen MR) is 36.5 cm³/mol. The summed E-state index contributed by atoms with van der Waals surface area (Å²) in [7, 11) is 0. The Morgan fingerprint density at radius 3 is 2.44 bits per heavy atom. The molecule has 1 aromatic rings. The van der Waals surface area contributed by atoms with E-state index < -0.39 is 0 Å². The Morgan fingerprint density at radius 1 is 1.22 bits per heavy atom. The lowest BCUT2D eigenvalue weighted by Gasteiger charge is -1.91. The fourth-order valence-corrected chi connectivity index (χ4v) is 0.915. The van der Waals surface area contributed by atoms with Crippen molar-refractivity contribution in [2.24, 2.45) is 0 Å². The molecule has 1 N–H and O–H groups in total. The van der Waals surface area contributed by atoms with Gasteiger partial charge in [0.05, 0.1) is 0 Å². The van der Waals surface area contributed by atoms with Crippen LogP contribution in [0.5, 0.6) is 0 Å². The fourth-order valence-electron chi connectivity index (χ4n) is 0.533. The Labute approximate surface area is 57.3 Å². The zero-order valence-corrected chi connectivity index (χ0v) is 5.49. The molecule has 0 aliphatic carbocycles. The van der Waals surface area contributed by atoms with Gasteiger partial charge in [0, 0.05) is 4.90 Å². The summed E-state index contributed by atoms with van der Waals surface area (Å²) in [4.78, 5) is 2.38. The molecule has 0 aromatic heterocycles. The molecular formula is C6H6FNS. The summed E-state index contributed by atoms with van der Waals surface area (Å²) < 4.78 is 11.4. The Balaban J connectivity index is 2.61. The van der Waals surface area contributed by atoms with Crippen molar-refractivity contribution >= 4 is 11.9 Å². The van der Waals surface area contributed by atoms with Crippen LogP contribution in [0.3, 0.4) is 0 Å². The molecule has 1 rings (SSSR count). The molecule has 1 nitrogen and oxygen atoms in total. The van der Waals surface area contributed by atoms with E-state index in [0.29, 0.717) is 0 Å². The van der Waals surface area contributed by atoms with Crippen molar-refractivity contribution in [1.29, 1.82) is 0 Å². The maximum Gasteiger partial charge on any atom is 0.0252 e. The van der Waals surface area contributed by atoms with Gasteiger partial charge < -0.3 is 0 Å². The lowest BCUT2D eigenvalue weighted by molar-refractivity contribution is 0.465. The average Bonchev–Trinajstić information content (AvgIpc) is 1.91. The quantitative estimate of drug-likeness (QED) is 0.503. The summed E-state index contributed by atoms with van der Waals surface area (Å²) in [6.07, 6.45) is 0. The first-order valence-corrected chi connectivity index (χ1v) is 3.32. The van der Waals surface area contributed by atoms with Crippen molar-refractivity contribution in [2.45, 2.75) is 4.90 Å². The van der Waals surface area contributed by atoms with Crippen molar-refractivity contribution in [3.8, 4) is 0 Å². The van der Waals surface area contributed by atoms with Crippen molar-refractivity contribution in [1.82, 2.24) is 4.94 Å². The number of nitrogens with one attached hydrogen (secondary N) is 1. The average molecular weight is 143 g/mol. The van der Waals surface area contributed by atoms with Crippen LogP contribution in [0.25, 0.3) is 0 Å². The molecule has 0 bridgehead atoms. The highest BCUT2D eigenvalue weighted by Crippen LogP contribution is 2.11. The Hall–Kier alpha value is -0.540. The molecule has 0 saturated carbocycles. The Morgan fingerprint density at radius 2 is 1.89 bits per heavy atom. The van der Waals surface area contributed by atoms with E-state index in [1.165, 1.54) is 4.94 Å². The minimum Gasteiger partial charge on any atom is -0.126 e. The largest absolute Gasteiger partial charge is 0.126 e. The molecule has 0 spiro atoms. The van der Waals surface area contributed by atoms with Crippen LogP contribution in [0.1, 0.15) is 0 Å². The van der Waals surface area contributed by atoms with E-state index >= 15 is 0 Å². The van der Waals surface area contributed by atoms with E-state index in [0.717, 1.165) is 16.8 Å². The van der Waals surface area contributed by atoms with Gasteiger partial charge in [-0.1, -0.05) is 23.1 Å². The highest BCUT2D eigenvalue weighted by molar-refractivity contribution is 7.97. The predicted octanol–water partition coefficient (Wildman–Crippen LogP) is 2.17. The fraction of sp³-hybridized carbons (Fsp3) is 0. The van der Waals surface area contributed by atoms with Crippen LogP contribution in [0.4, 0.5) is 4.48 Å². The number of hydrogen-bond donors (Lipinski definition) is 1. The highest BCUT2D eigenvalue weighted by atomic mass is 32.2. The SMILES string of the molecule is FNSc1ccccc1. The smallest absolute Gasteiger partial charge is 0.0252 e. The number of rotatable bonds is 2. The van der Waals surface area contributed by atoms with Crippen LogP contribution in [0, 0.1) is 0 Å². The van der Waals surface area contributed by atoms with Crippen LogP contribution < -0.4 is 4.94 Å². The molecule has 0 atom stereocenters. The Kier molecular flexibility index (Phi) is 2.54. The van der Waals surface area contributed by atoms with Crippen molar-refractivity contribution in [3.05, 3.63) is 30.3 Å². The van der Waals surface area contributed by atoms with Gasteiger partial charge in [0.1, 0.15) is 0 Å². The van der Waals surface area contributed by atoms with Gasteiger partial charge in [0.2, 0.25) is 0 Å². The molecular weight excluding hydrogens is 137 g/mol. The molecule has 0 unspecified atom stereocenters. The topological polar surface area (TPSA) is 12.0 Å². The third-order valence-corrected chi connectivity index (χ3v) is 1.48. The summed E-state index contributed by atoms with van der Waals surface area (Å²) >= 11 is 0.959. The summed E-state index contributed by atoms with van der Waals surface area (Å²) in [6, 6.07) is 9.27. The molecule has 0 aliphatic heterocycles. The van der Waals surface area contributed by atoms with Gasteiger partial charge >= 0.3 is 0 Å². The molecule has 0 aliphatic rings. The van der Waals surface area contributed by atoms with Gasteiger partial charge in [-0.3, -0.25) is 0 Å². The molecule has 3 heteroatoms. The van der Waals surface area contributed by atoms with Crippen molar-refractivity contribution in [2.75, 3.05) is 0 Å². The van der Waals surface area contributed by atoms with E-state index in [1.807, 2.05) is 30.3 Å². The van der Waals surface area contributed by atoms with E-state index in [9.17, 15) is 4.48 Å². The van der Waals surface area contributed by atoms with Gasteiger partial charge in [-0.2, -0.15) is 0 Å². The normalized spacial score (nSPS) is 9.44. The van der Waals surface area contributed by atoms with Gasteiger partial charge in [-0.05, 0) is 24.1 Å². The van der Waals surface area contributed by atoms with Crippen LogP contribution in [-0.4, -0.2) is 0 Å². The second kappa shape index (κ2) is 3.48. The van der Waals surface area contributed by atoms with Crippen LogP contribution >= 0.6 is 11.9 Å². The van der Waals surface area contributed by atoms with Crippen molar-refractivity contribution in [3.63, 3.8) is 0 Å². The van der Waals surface area contributed by atoms with Gasteiger partial charge in [0.15, 0.2) is 0 Å².